The highest BCUT2D eigenvalue weighted by molar-refractivity contribution is 6.02. The van der Waals surface area contributed by atoms with Gasteiger partial charge in [0, 0.05) is 24.9 Å². The van der Waals surface area contributed by atoms with Crippen LogP contribution < -0.4 is 20.4 Å². The first-order valence-electron chi connectivity index (χ1n) is 6.71. The fraction of sp³-hybridized carbons (Fsp3) is 0.286. The quantitative estimate of drug-likeness (QED) is 0.540. The van der Waals surface area contributed by atoms with E-state index in [1.54, 1.807) is 6.07 Å². The van der Waals surface area contributed by atoms with E-state index in [1.807, 2.05) is 0 Å². The Bertz CT molecular complexity index is 753. The van der Waals surface area contributed by atoms with Crippen molar-refractivity contribution in [2.45, 2.75) is 13.3 Å². The van der Waals surface area contributed by atoms with Gasteiger partial charge in [-0.25, -0.2) is 0 Å². The zero-order chi connectivity index (χ0) is 17.1. The number of anilines is 1. The van der Waals surface area contributed by atoms with Crippen LogP contribution in [0.2, 0.25) is 0 Å². The Balaban J connectivity index is 2.61. The highest BCUT2D eigenvalue weighted by Crippen LogP contribution is 2.34. The van der Waals surface area contributed by atoms with Crippen molar-refractivity contribution in [2.24, 2.45) is 0 Å². The van der Waals surface area contributed by atoms with Crippen molar-refractivity contribution in [3.8, 4) is 5.75 Å². The van der Waals surface area contributed by atoms with Gasteiger partial charge in [0.15, 0.2) is 0 Å². The van der Waals surface area contributed by atoms with Crippen molar-refractivity contribution < 1.29 is 29.8 Å². The van der Waals surface area contributed by atoms with Crippen LogP contribution in [0.1, 0.15) is 23.0 Å². The van der Waals surface area contributed by atoms with Gasteiger partial charge in [-0.3, -0.25) is 15.2 Å². The molecule has 0 saturated carbocycles. The van der Waals surface area contributed by atoms with Crippen LogP contribution in [0, 0.1) is 0 Å². The van der Waals surface area contributed by atoms with E-state index < -0.39 is 5.97 Å². The number of rotatable bonds is 6. The number of carbonyl (C=O) groups is 2. The Morgan fingerprint density at radius 3 is 2.61 bits per heavy atom. The van der Waals surface area contributed by atoms with Gasteiger partial charge in [-0.15, -0.1) is 5.23 Å². The number of carboxylic acids is 1. The van der Waals surface area contributed by atoms with Gasteiger partial charge in [-0.1, -0.05) is 0 Å². The molecule has 1 heterocycles. The van der Waals surface area contributed by atoms with Crippen LogP contribution in [0.4, 0.5) is 5.69 Å². The molecule has 0 radical (unpaired) electrons. The molecule has 0 saturated heterocycles. The number of benzene rings is 1. The predicted molar refractivity (Wildman–Crippen MR) is 77.6 cm³/mol. The molecule has 2 aromatic rings. The minimum Gasteiger partial charge on any atom is -0.543 e. The summed E-state index contributed by atoms with van der Waals surface area (Å²) in [6.45, 7) is 1.57. The molecule has 0 fully saturated rings. The van der Waals surface area contributed by atoms with Gasteiger partial charge in [-0.05, 0) is 18.1 Å². The summed E-state index contributed by atoms with van der Waals surface area (Å²) in [5, 5.41) is 32.8. The lowest BCUT2D eigenvalue weighted by atomic mass is 10.1. The first-order chi connectivity index (χ1) is 10.8. The molecule has 1 amide bonds. The molecule has 1 aromatic carbocycles. The van der Waals surface area contributed by atoms with Gasteiger partial charge >= 0.3 is 0 Å². The molecule has 0 atom stereocenters. The molecule has 0 unspecified atom stereocenters. The van der Waals surface area contributed by atoms with Gasteiger partial charge in [0.1, 0.15) is 11.4 Å². The maximum atomic E-state index is 11.3. The molecule has 0 aliphatic heterocycles. The minimum atomic E-state index is -1.44. The van der Waals surface area contributed by atoms with Gasteiger partial charge in [0.05, 0.1) is 24.3 Å². The average molecular weight is 322 g/mol. The number of hydrogen-bond donors (Lipinski definition) is 4. The molecular formula is C14H16N3O6-. The number of aromatic carboxylic acids is 1. The Morgan fingerprint density at radius 2 is 2.09 bits per heavy atom. The van der Waals surface area contributed by atoms with Gasteiger partial charge in [0.25, 0.3) is 0 Å². The monoisotopic (exact) mass is 322 g/mol. The van der Waals surface area contributed by atoms with E-state index in [2.05, 4.69) is 10.3 Å². The molecule has 0 aliphatic rings. The Morgan fingerprint density at radius 1 is 1.39 bits per heavy atom. The highest BCUT2D eigenvalue weighted by Gasteiger charge is 2.18. The summed E-state index contributed by atoms with van der Waals surface area (Å²) in [6.07, 6.45) is 0.215. The van der Waals surface area contributed by atoms with Crippen LogP contribution in [0.25, 0.3) is 10.9 Å². The number of carbonyl (C=O) groups excluding carboxylic acids is 2. The average Bonchev–Trinajstić information content (AvgIpc) is 2.84. The Kier molecular flexibility index (Phi) is 4.72. The molecular weight excluding hydrogens is 306 g/mol. The van der Waals surface area contributed by atoms with Crippen molar-refractivity contribution >= 4 is 28.5 Å². The third-order valence-electron chi connectivity index (χ3n) is 3.37. The van der Waals surface area contributed by atoms with E-state index in [4.69, 9.17) is 4.74 Å². The van der Waals surface area contributed by atoms with Crippen LogP contribution in [0.5, 0.6) is 5.75 Å². The summed E-state index contributed by atoms with van der Waals surface area (Å²) in [7, 11) is 1.40. The highest BCUT2D eigenvalue weighted by atomic mass is 16.8. The van der Waals surface area contributed by atoms with Crippen molar-refractivity contribution in [1.82, 2.24) is 10.3 Å². The van der Waals surface area contributed by atoms with E-state index in [0.29, 0.717) is 16.7 Å². The zero-order valence-electron chi connectivity index (χ0n) is 12.5. The molecule has 0 spiro atoms. The number of aromatic nitrogens is 1. The van der Waals surface area contributed by atoms with Crippen LogP contribution in [0.15, 0.2) is 12.1 Å². The number of H-pyrrole nitrogens is 1. The first kappa shape index (κ1) is 16.6. The van der Waals surface area contributed by atoms with Crippen molar-refractivity contribution in [3.63, 3.8) is 0 Å². The van der Waals surface area contributed by atoms with Gasteiger partial charge in [-0.2, -0.15) is 0 Å². The number of hydrogen-bond acceptors (Lipinski definition) is 7. The number of nitrogens with one attached hydrogen (secondary N) is 2. The van der Waals surface area contributed by atoms with E-state index in [-0.39, 0.29) is 41.0 Å². The topological polar surface area (TPSA) is 138 Å². The van der Waals surface area contributed by atoms with Crippen LogP contribution >= 0.6 is 0 Å². The predicted octanol–water partition coefficient (Wildman–Crippen LogP) is -0.197. The number of aromatic amines is 1. The molecule has 23 heavy (non-hydrogen) atoms. The first-order valence-corrected chi connectivity index (χ1v) is 6.71. The lowest BCUT2D eigenvalue weighted by Crippen LogP contribution is -2.26. The Hall–Kier alpha value is -2.78. The zero-order valence-corrected chi connectivity index (χ0v) is 12.5. The van der Waals surface area contributed by atoms with Crippen LogP contribution in [-0.4, -0.2) is 40.9 Å². The molecule has 4 N–H and O–H groups in total. The second kappa shape index (κ2) is 6.55. The summed E-state index contributed by atoms with van der Waals surface area (Å²) in [5.41, 5.74) is 0.304. The maximum absolute atomic E-state index is 11.3. The van der Waals surface area contributed by atoms with Gasteiger partial charge < -0.3 is 24.9 Å². The number of fused-ring (bicyclic) bond motifs is 1. The van der Waals surface area contributed by atoms with Crippen LogP contribution in [-0.2, 0) is 11.2 Å². The standard InChI is InChI=1S/C14H17N3O6/c1-7(18)15-4-3-9-10-5-8(23-2)6-11(17(21)22)12(10)16-13(9)14(19)20/h5-6,16,21-22H,3-4H2,1-2H3,(H,15,18)(H,19,20)/p-1. The summed E-state index contributed by atoms with van der Waals surface area (Å²) in [4.78, 5) is 24.9. The second-order valence-electron chi connectivity index (χ2n) is 4.86. The molecule has 9 nitrogen and oxygen atoms in total. The smallest absolute Gasteiger partial charge is 0.216 e. The summed E-state index contributed by atoms with van der Waals surface area (Å²) < 4.78 is 5.08. The molecule has 124 valence electrons. The van der Waals surface area contributed by atoms with Crippen LogP contribution in [0.3, 0.4) is 0 Å². The number of amides is 1. The van der Waals surface area contributed by atoms with Crippen molar-refractivity contribution in [1.29, 1.82) is 0 Å². The van der Waals surface area contributed by atoms with Crippen molar-refractivity contribution in [3.05, 3.63) is 23.4 Å². The third kappa shape index (κ3) is 3.35. The molecule has 0 aliphatic carbocycles. The van der Waals surface area contributed by atoms with Gasteiger partial charge in [0.2, 0.25) is 5.91 Å². The van der Waals surface area contributed by atoms with E-state index in [1.165, 1.54) is 20.1 Å². The second-order valence-corrected chi connectivity index (χ2v) is 4.86. The largest absolute Gasteiger partial charge is 0.543 e. The van der Waals surface area contributed by atoms with E-state index >= 15 is 0 Å². The fourth-order valence-electron chi connectivity index (χ4n) is 2.38. The number of carboxylic acid groups (broad SMARTS) is 1. The fourth-order valence-corrected chi connectivity index (χ4v) is 2.38. The van der Waals surface area contributed by atoms with Crippen molar-refractivity contribution in [2.75, 3.05) is 18.9 Å². The molecule has 9 heteroatoms. The number of ether oxygens (including phenoxy) is 1. The van der Waals surface area contributed by atoms with E-state index in [0.717, 1.165) is 0 Å². The summed E-state index contributed by atoms with van der Waals surface area (Å²) >= 11 is 0. The molecule has 2 rings (SSSR count). The normalized spacial score (nSPS) is 10.6. The van der Waals surface area contributed by atoms with E-state index in [9.17, 15) is 25.1 Å². The lowest BCUT2D eigenvalue weighted by Gasteiger charge is -2.11. The number of nitrogens with zero attached hydrogens (tertiary/aromatic N) is 1. The molecule has 1 aromatic heterocycles. The number of methoxy groups -OCH3 is 1. The minimum absolute atomic E-state index is 0.0763. The molecule has 0 bridgehead atoms. The third-order valence-corrected chi connectivity index (χ3v) is 3.37. The maximum Gasteiger partial charge on any atom is 0.216 e. The summed E-state index contributed by atoms with van der Waals surface area (Å²) in [6, 6.07) is 2.89. The lowest BCUT2D eigenvalue weighted by molar-refractivity contribution is -0.255. The SMILES string of the molecule is COc1cc(N(O)O)c2[nH]c(C(=O)[O-])c(CCNC(C)=O)c2c1. The Labute approximate surface area is 131 Å². The summed E-state index contributed by atoms with van der Waals surface area (Å²) in [5.74, 6) is -1.37.